The summed E-state index contributed by atoms with van der Waals surface area (Å²) in [4.78, 5) is 0. The van der Waals surface area contributed by atoms with Crippen molar-refractivity contribution in [3.05, 3.63) is 29.8 Å². The van der Waals surface area contributed by atoms with Gasteiger partial charge in [-0.15, -0.1) is 0 Å². The highest BCUT2D eigenvalue weighted by Crippen LogP contribution is 2.24. The number of benzene rings is 1. The van der Waals surface area contributed by atoms with E-state index >= 15 is 0 Å². The zero-order valence-electron chi connectivity index (χ0n) is 11.9. The molecule has 1 unspecified atom stereocenters. The molecule has 104 valence electrons. The number of ether oxygens (including phenoxy) is 1. The highest BCUT2D eigenvalue weighted by Gasteiger charge is 2.22. The van der Waals surface area contributed by atoms with E-state index < -0.39 is 0 Å². The minimum atomic E-state index is 0.460. The van der Waals surface area contributed by atoms with Crippen LogP contribution in [0.25, 0.3) is 0 Å². The molecular formula is C17H25NO. The van der Waals surface area contributed by atoms with Crippen LogP contribution in [-0.2, 0) is 6.42 Å². The van der Waals surface area contributed by atoms with Crippen molar-refractivity contribution in [3.63, 3.8) is 0 Å². The third-order valence-electron chi connectivity index (χ3n) is 4.17. The first-order valence-corrected chi connectivity index (χ1v) is 7.81. The van der Waals surface area contributed by atoms with Crippen molar-refractivity contribution in [3.8, 4) is 5.75 Å². The van der Waals surface area contributed by atoms with Crippen molar-refractivity contribution in [2.75, 3.05) is 0 Å². The van der Waals surface area contributed by atoms with Gasteiger partial charge in [0.25, 0.3) is 0 Å². The molecule has 0 amide bonds. The molecule has 0 aliphatic heterocycles. The van der Waals surface area contributed by atoms with Gasteiger partial charge in [0, 0.05) is 12.1 Å². The zero-order valence-corrected chi connectivity index (χ0v) is 11.9. The lowest BCUT2D eigenvalue weighted by Gasteiger charge is -2.15. The van der Waals surface area contributed by atoms with Crippen LogP contribution in [0.5, 0.6) is 5.75 Å². The van der Waals surface area contributed by atoms with Gasteiger partial charge in [0.1, 0.15) is 5.75 Å². The molecule has 0 spiro atoms. The second-order valence-electron chi connectivity index (χ2n) is 6.21. The van der Waals surface area contributed by atoms with Gasteiger partial charge in [-0.3, -0.25) is 0 Å². The summed E-state index contributed by atoms with van der Waals surface area (Å²) in [7, 11) is 0. The normalized spacial score (nSPS) is 21.5. The molecule has 0 heterocycles. The Morgan fingerprint density at radius 1 is 1.11 bits per heavy atom. The summed E-state index contributed by atoms with van der Waals surface area (Å²) in [6, 6.07) is 10.1. The summed E-state index contributed by atoms with van der Waals surface area (Å²) >= 11 is 0. The Hall–Kier alpha value is -1.02. The van der Waals surface area contributed by atoms with Gasteiger partial charge in [0.05, 0.1) is 6.10 Å². The van der Waals surface area contributed by atoms with Crippen molar-refractivity contribution in [2.45, 2.75) is 70.1 Å². The fourth-order valence-electron chi connectivity index (χ4n) is 2.97. The van der Waals surface area contributed by atoms with E-state index in [1.165, 1.54) is 44.1 Å². The molecule has 2 aliphatic rings. The molecule has 1 aromatic carbocycles. The lowest BCUT2D eigenvalue weighted by atomic mass is 10.1. The van der Waals surface area contributed by atoms with Gasteiger partial charge >= 0.3 is 0 Å². The van der Waals surface area contributed by atoms with Gasteiger partial charge in [-0.25, -0.2) is 0 Å². The molecule has 2 fully saturated rings. The summed E-state index contributed by atoms with van der Waals surface area (Å²) in [6.07, 6.45) is 9.40. The van der Waals surface area contributed by atoms with Crippen LogP contribution in [-0.4, -0.2) is 18.2 Å². The Morgan fingerprint density at radius 2 is 1.79 bits per heavy atom. The Bertz CT molecular complexity index is 390. The van der Waals surface area contributed by atoms with Gasteiger partial charge in [-0.1, -0.05) is 12.1 Å². The SMILES string of the molecule is CC(Cc1ccc(OC2CCCC2)cc1)NC1CC1. The minimum Gasteiger partial charge on any atom is -0.490 e. The number of hydrogen-bond donors (Lipinski definition) is 1. The molecule has 2 aliphatic carbocycles. The third-order valence-corrected chi connectivity index (χ3v) is 4.17. The van der Waals surface area contributed by atoms with Gasteiger partial charge < -0.3 is 10.1 Å². The van der Waals surface area contributed by atoms with Crippen molar-refractivity contribution in [2.24, 2.45) is 0 Å². The predicted octanol–water partition coefficient (Wildman–Crippen LogP) is 3.69. The maximum Gasteiger partial charge on any atom is 0.119 e. The molecule has 1 N–H and O–H groups in total. The van der Waals surface area contributed by atoms with Crippen LogP contribution in [0, 0.1) is 0 Å². The first kappa shape index (κ1) is 13.0. The molecule has 0 bridgehead atoms. The second-order valence-corrected chi connectivity index (χ2v) is 6.21. The van der Waals surface area contributed by atoms with Crippen LogP contribution >= 0.6 is 0 Å². The Morgan fingerprint density at radius 3 is 2.42 bits per heavy atom. The van der Waals surface area contributed by atoms with Crippen LogP contribution in [0.1, 0.15) is 51.0 Å². The van der Waals surface area contributed by atoms with Gasteiger partial charge in [0.2, 0.25) is 0 Å². The van der Waals surface area contributed by atoms with E-state index in [0.717, 1.165) is 18.2 Å². The van der Waals surface area contributed by atoms with E-state index in [9.17, 15) is 0 Å². The molecule has 19 heavy (non-hydrogen) atoms. The molecule has 3 rings (SSSR count). The Labute approximate surface area is 116 Å². The van der Waals surface area contributed by atoms with E-state index in [4.69, 9.17) is 4.74 Å². The number of nitrogens with one attached hydrogen (secondary N) is 1. The molecule has 0 saturated heterocycles. The lowest BCUT2D eigenvalue weighted by Crippen LogP contribution is -2.29. The van der Waals surface area contributed by atoms with Crippen molar-refractivity contribution < 1.29 is 4.74 Å². The van der Waals surface area contributed by atoms with Crippen LogP contribution < -0.4 is 10.1 Å². The molecule has 0 aromatic heterocycles. The Balaban J connectivity index is 1.49. The van der Waals surface area contributed by atoms with E-state index in [0.29, 0.717) is 12.1 Å². The molecule has 0 radical (unpaired) electrons. The van der Waals surface area contributed by atoms with Gasteiger partial charge in [0.15, 0.2) is 0 Å². The zero-order chi connectivity index (χ0) is 13.1. The summed E-state index contributed by atoms with van der Waals surface area (Å²) in [5, 5.41) is 3.64. The van der Waals surface area contributed by atoms with E-state index in [1.807, 2.05) is 0 Å². The minimum absolute atomic E-state index is 0.460. The summed E-state index contributed by atoms with van der Waals surface area (Å²) in [5.74, 6) is 1.04. The van der Waals surface area contributed by atoms with E-state index in [-0.39, 0.29) is 0 Å². The fraction of sp³-hybridized carbons (Fsp3) is 0.647. The summed E-state index contributed by atoms with van der Waals surface area (Å²) in [5.41, 5.74) is 1.40. The van der Waals surface area contributed by atoms with Gasteiger partial charge in [-0.2, -0.15) is 0 Å². The molecule has 2 heteroatoms. The smallest absolute Gasteiger partial charge is 0.119 e. The highest BCUT2D eigenvalue weighted by molar-refractivity contribution is 5.28. The maximum atomic E-state index is 5.99. The van der Waals surface area contributed by atoms with Crippen molar-refractivity contribution in [1.82, 2.24) is 5.32 Å². The first-order chi connectivity index (χ1) is 9.29. The van der Waals surface area contributed by atoms with Crippen LogP contribution in [0.2, 0.25) is 0 Å². The third kappa shape index (κ3) is 3.97. The number of hydrogen-bond acceptors (Lipinski definition) is 2. The summed E-state index contributed by atoms with van der Waals surface area (Å²) in [6.45, 7) is 2.28. The summed E-state index contributed by atoms with van der Waals surface area (Å²) < 4.78 is 5.99. The monoisotopic (exact) mass is 259 g/mol. The Kier molecular flexibility index (Phi) is 4.07. The molecule has 1 aromatic rings. The topological polar surface area (TPSA) is 21.3 Å². The predicted molar refractivity (Wildman–Crippen MR) is 78.6 cm³/mol. The molecular weight excluding hydrogens is 234 g/mol. The molecule has 1 atom stereocenters. The fourth-order valence-corrected chi connectivity index (χ4v) is 2.97. The molecule has 2 nitrogen and oxygen atoms in total. The van der Waals surface area contributed by atoms with Crippen molar-refractivity contribution in [1.29, 1.82) is 0 Å². The first-order valence-electron chi connectivity index (χ1n) is 7.81. The van der Waals surface area contributed by atoms with Crippen LogP contribution in [0.3, 0.4) is 0 Å². The maximum absolute atomic E-state index is 5.99. The van der Waals surface area contributed by atoms with Crippen LogP contribution in [0.15, 0.2) is 24.3 Å². The average molecular weight is 259 g/mol. The average Bonchev–Trinajstić information content (AvgIpc) is 3.05. The van der Waals surface area contributed by atoms with E-state index in [2.05, 4.69) is 36.5 Å². The van der Waals surface area contributed by atoms with Crippen LogP contribution in [0.4, 0.5) is 0 Å². The molecule has 2 saturated carbocycles. The van der Waals surface area contributed by atoms with Gasteiger partial charge in [-0.05, 0) is 69.6 Å². The quantitative estimate of drug-likeness (QED) is 0.841. The second kappa shape index (κ2) is 5.96. The largest absolute Gasteiger partial charge is 0.490 e. The van der Waals surface area contributed by atoms with Crippen molar-refractivity contribution >= 4 is 0 Å². The standard InChI is InChI=1S/C17H25NO/c1-13(18-15-8-9-15)12-14-6-10-17(11-7-14)19-16-4-2-3-5-16/h6-7,10-11,13,15-16,18H,2-5,8-9,12H2,1H3. The number of rotatable bonds is 6. The highest BCUT2D eigenvalue weighted by atomic mass is 16.5. The van der Waals surface area contributed by atoms with E-state index in [1.54, 1.807) is 0 Å². The lowest BCUT2D eigenvalue weighted by molar-refractivity contribution is 0.210.